The molecule has 0 heterocycles. The number of nitrogens with one attached hydrogen (secondary N) is 1. The van der Waals surface area contributed by atoms with Crippen molar-refractivity contribution in [3.63, 3.8) is 0 Å². The number of benzene rings is 2. The highest BCUT2D eigenvalue weighted by atomic mass is 19.1. The number of hydrogen-bond donors (Lipinski definition) is 1. The van der Waals surface area contributed by atoms with Gasteiger partial charge in [-0.3, -0.25) is 9.69 Å². The molecule has 4 nitrogen and oxygen atoms in total. The van der Waals surface area contributed by atoms with E-state index in [4.69, 9.17) is 5.26 Å². The minimum absolute atomic E-state index is 0.000657. The second kappa shape index (κ2) is 8.18. The van der Waals surface area contributed by atoms with Crippen LogP contribution in [0.5, 0.6) is 0 Å². The Hall–Kier alpha value is -2.78. The first kappa shape index (κ1) is 17.6. The number of carbonyl (C=O) groups excluding carboxylic acids is 1. The van der Waals surface area contributed by atoms with Crippen molar-refractivity contribution in [2.24, 2.45) is 0 Å². The van der Waals surface area contributed by atoms with Gasteiger partial charge in [0, 0.05) is 17.8 Å². The van der Waals surface area contributed by atoms with E-state index in [-0.39, 0.29) is 24.6 Å². The summed E-state index contributed by atoms with van der Waals surface area (Å²) in [6.45, 7) is 2.25. The predicted octanol–water partition coefficient (Wildman–Crippen LogP) is 3.30. The number of nitriles is 1. The molecule has 0 aliphatic rings. The lowest BCUT2D eigenvalue weighted by Crippen LogP contribution is -2.33. The topological polar surface area (TPSA) is 56.1 Å². The monoisotopic (exact) mass is 329 g/mol. The zero-order chi connectivity index (χ0) is 17.5. The van der Waals surface area contributed by atoms with Crippen LogP contribution >= 0.6 is 0 Å². The van der Waals surface area contributed by atoms with Crippen LogP contribution in [0.1, 0.15) is 18.1 Å². The van der Waals surface area contributed by atoms with Crippen molar-refractivity contribution in [2.75, 3.05) is 18.4 Å². The maximum Gasteiger partial charge on any atom is 0.238 e. The molecule has 124 valence electrons. The number of rotatable bonds is 6. The molecule has 2 aromatic carbocycles. The van der Waals surface area contributed by atoms with Gasteiger partial charge in [-0.15, -0.1) is 0 Å². The summed E-state index contributed by atoms with van der Waals surface area (Å²) in [5.74, 6) is -1.57. The van der Waals surface area contributed by atoms with Crippen LogP contribution < -0.4 is 5.32 Å². The molecule has 1 N–H and O–H groups in total. The molecular formula is C18H17F2N3O. The summed E-state index contributed by atoms with van der Waals surface area (Å²) in [6.07, 6.45) is 0. The van der Waals surface area contributed by atoms with Gasteiger partial charge in [-0.1, -0.05) is 19.1 Å². The summed E-state index contributed by atoms with van der Waals surface area (Å²) in [4.78, 5) is 13.7. The summed E-state index contributed by atoms with van der Waals surface area (Å²) in [5, 5.41) is 11.5. The van der Waals surface area contributed by atoms with Crippen LogP contribution in [-0.2, 0) is 11.3 Å². The van der Waals surface area contributed by atoms with Crippen LogP contribution in [0, 0.1) is 23.0 Å². The lowest BCUT2D eigenvalue weighted by Gasteiger charge is -2.20. The average Bonchev–Trinajstić information content (AvgIpc) is 2.57. The third-order valence-electron chi connectivity index (χ3n) is 3.53. The largest absolute Gasteiger partial charge is 0.325 e. The number of nitrogens with zero attached hydrogens (tertiary/aromatic N) is 2. The molecule has 2 rings (SSSR count). The molecule has 0 atom stereocenters. The standard InChI is InChI=1S/C18H17F2N3O/c1-2-23(11-15-16(19)7-4-8-17(15)20)12-18(24)22-14-6-3-5-13(9-14)10-21/h3-9H,2,11-12H2,1H3,(H,22,24). The second-order valence-electron chi connectivity index (χ2n) is 5.24. The molecule has 0 aromatic heterocycles. The Bertz CT molecular complexity index is 751. The highest BCUT2D eigenvalue weighted by Gasteiger charge is 2.15. The van der Waals surface area contributed by atoms with Gasteiger partial charge in [0.1, 0.15) is 11.6 Å². The summed E-state index contributed by atoms with van der Waals surface area (Å²) in [5.41, 5.74) is 0.888. The molecule has 0 aliphatic carbocycles. The van der Waals surface area contributed by atoms with E-state index in [1.54, 1.807) is 29.2 Å². The Morgan fingerprint density at radius 1 is 1.21 bits per heavy atom. The first-order valence-corrected chi connectivity index (χ1v) is 7.48. The van der Waals surface area contributed by atoms with E-state index in [1.807, 2.05) is 13.0 Å². The van der Waals surface area contributed by atoms with Crippen LogP contribution in [-0.4, -0.2) is 23.9 Å². The van der Waals surface area contributed by atoms with E-state index in [9.17, 15) is 13.6 Å². The summed E-state index contributed by atoms with van der Waals surface area (Å²) in [6, 6.07) is 12.2. The van der Waals surface area contributed by atoms with Gasteiger partial charge in [0.25, 0.3) is 0 Å². The van der Waals surface area contributed by atoms with Crippen LogP contribution in [0.3, 0.4) is 0 Å². The van der Waals surface area contributed by atoms with Gasteiger partial charge in [-0.2, -0.15) is 5.26 Å². The SMILES string of the molecule is CCN(CC(=O)Nc1cccc(C#N)c1)Cc1c(F)cccc1F. The van der Waals surface area contributed by atoms with Crippen molar-refractivity contribution in [1.29, 1.82) is 5.26 Å². The molecule has 0 radical (unpaired) electrons. The van der Waals surface area contributed by atoms with Crippen molar-refractivity contribution < 1.29 is 13.6 Å². The van der Waals surface area contributed by atoms with E-state index in [0.29, 0.717) is 17.8 Å². The van der Waals surface area contributed by atoms with Gasteiger partial charge in [0.2, 0.25) is 5.91 Å². The van der Waals surface area contributed by atoms with E-state index in [0.717, 1.165) is 0 Å². The Kier molecular flexibility index (Phi) is 5.99. The summed E-state index contributed by atoms with van der Waals surface area (Å²) < 4.78 is 27.4. The molecule has 0 bridgehead atoms. The van der Waals surface area contributed by atoms with Crippen molar-refractivity contribution >= 4 is 11.6 Å². The summed E-state index contributed by atoms with van der Waals surface area (Å²) in [7, 11) is 0. The molecule has 0 aliphatic heterocycles. The average molecular weight is 329 g/mol. The Balaban J connectivity index is 2.02. The molecule has 6 heteroatoms. The van der Waals surface area contributed by atoms with Crippen LogP contribution in [0.2, 0.25) is 0 Å². The van der Waals surface area contributed by atoms with Crippen molar-refractivity contribution in [2.45, 2.75) is 13.5 Å². The van der Waals surface area contributed by atoms with Crippen LogP contribution in [0.4, 0.5) is 14.5 Å². The predicted molar refractivity (Wildman–Crippen MR) is 87.1 cm³/mol. The fraction of sp³-hybridized carbons (Fsp3) is 0.222. The Morgan fingerprint density at radius 2 is 1.88 bits per heavy atom. The molecule has 0 unspecified atom stereocenters. The Labute approximate surface area is 139 Å². The Morgan fingerprint density at radius 3 is 2.50 bits per heavy atom. The van der Waals surface area contributed by atoms with Crippen molar-refractivity contribution in [3.8, 4) is 6.07 Å². The second-order valence-corrected chi connectivity index (χ2v) is 5.24. The number of halogens is 2. The van der Waals surface area contributed by atoms with Gasteiger partial charge in [-0.25, -0.2) is 8.78 Å². The minimum Gasteiger partial charge on any atom is -0.325 e. The smallest absolute Gasteiger partial charge is 0.238 e. The van der Waals surface area contributed by atoms with Gasteiger partial charge >= 0.3 is 0 Å². The number of amides is 1. The van der Waals surface area contributed by atoms with Gasteiger partial charge in [0.05, 0.1) is 18.2 Å². The molecule has 1 amide bonds. The first-order chi connectivity index (χ1) is 11.5. The quantitative estimate of drug-likeness (QED) is 0.885. The zero-order valence-electron chi connectivity index (χ0n) is 13.2. The van der Waals surface area contributed by atoms with Crippen molar-refractivity contribution in [1.82, 2.24) is 4.90 Å². The molecule has 2 aromatic rings. The normalized spacial score (nSPS) is 10.5. The van der Waals surface area contributed by atoms with E-state index >= 15 is 0 Å². The fourth-order valence-corrected chi connectivity index (χ4v) is 2.26. The fourth-order valence-electron chi connectivity index (χ4n) is 2.26. The van der Waals surface area contributed by atoms with E-state index < -0.39 is 11.6 Å². The highest BCUT2D eigenvalue weighted by molar-refractivity contribution is 5.92. The molecule has 0 saturated carbocycles. The number of hydrogen-bond acceptors (Lipinski definition) is 3. The third kappa shape index (κ3) is 4.61. The lowest BCUT2D eigenvalue weighted by atomic mass is 10.2. The van der Waals surface area contributed by atoms with Crippen LogP contribution in [0.15, 0.2) is 42.5 Å². The number of likely N-dealkylation sites (N-methyl/N-ethyl adjacent to an activating group) is 1. The molecule has 0 fully saturated rings. The minimum atomic E-state index is -0.629. The zero-order valence-corrected chi connectivity index (χ0v) is 13.2. The maximum absolute atomic E-state index is 13.7. The lowest BCUT2D eigenvalue weighted by molar-refractivity contribution is -0.117. The molecule has 24 heavy (non-hydrogen) atoms. The highest BCUT2D eigenvalue weighted by Crippen LogP contribution is 2.15. The number of carbonyl (C=O) groups is 1. The van der Waals surface area contributed by atoms with Crippen molar-refractivity contribution in [3.05, 3.63) is 65.2 Å². The summed E-state index contributed by atoms with van der Waals surface area (Å²) >= 11 is 0. The van der Waals surface area contributed by atoms with E-state index in [2.05, 4.69) is 5.32 Å². The molecular weight excluding hydrogens is 312 g/mol. The van der Waals surface area contributed by atoms with Gasteiger partial charge in [0.15, 0.2) is 0 Å². The first-order valence-electron chi connectivity index (χ1n) is 7.48. The molecule has 0 spiro atoms. The third-order valence-corrected chi connectivity index (χ3v) is 3.53. The van der Waals surface area contributed by atoms with Gasteiger partial charge < -0.3 is 5.32 Å². The van der Waals surface area contributed by atoms with Crippen LogP contribution in [0.25, 0.3) is 0 Å². The van der Waals surface area contributed by atoms with Gasteiger partial charge in [-0.05, 0) is 36.9 Å². The number of anilines is 1. The van der Waals surface area contributed by atoms with E-state index in [1.165, 1.54) is 18.2 Å². The molecule has 0 saturated heterocycles. The maximum atomic E-state index is 13.7.